The molecule has 0 atom stereocenters. The van der Waals surface area contributed by atoms with E-state index in [4.69, 9.17) is 9.68 Å². The van der Waals surface area contributed by atoms with Gasteiger partial charge in [-0.05, 0) is 46.8 Å². The van der Waals surface area contributed by atoms with Crippen molar-refractivity contribution in [1.82, 2.24) is 20.2 Å². The molecule has 0 fully saturated rings. The van der Waals surface area contributed by atoms with E-state index in [1.165, 1.54) is 10.9 Å². The highest BCUT2D eigenvalue weighted by Crippen LogP contribution is 2.22. The molecule has 8 heteroatoms. The van der Waals surface area contributed by atoms with Gasteiger partial charge < -0.3 is 9.73 Å². The molecule has 1 amide bonds. The summed E-state index contributed by atoms with van der Waals surface area (Å²) in [5.41, 5.74) is 1.97. The zero-order valence-electron chi connectivity index (χ0n) is 15.1. The summed E-state index contributed by atoms with van der Waals surface area (Å²) < 4.78 is 6.72. The minimum Gasteiger partial charge on any atom is -0.465 e. The number of amides is 1. The van der Waals surface area contributed by atoms with E-state index in [2.05, 4.69) is 20.8 Å². The van der Waals surface area contributed by atoms with E-state index in [1.807, 2.05) is 36.4 Å². The molecule has 0 bridgehead atoms. The summed E-state index contributed by atoms with van der Waals surface area (Å²) in [4.78, 5) is 13.1. The lowest BCUT2D eigenvalue weighted by Gasteiger charge is -2.10. The number of furan rings is 1. The first-order valence-corrected chi connectivity index (χ1v) is 8.65. The molecule has 0 aliphatic heterocycles. The van der Waals surface area contributed by atoms with Crippen LogP contribution in [0, 0.1) is 11.3 Å². The normalized spacial score (nSPS) is 11.1. The number of nitriles is 1. The molecule has 140 valence electrons. The quantitative estimate of drug-likeness (QED) is 0.530. The van der Waals surface area contributed by atoms with Gasteiger partial charge in [0.25, 0.3) is 5.91 Å². The fraction of sp³-hybridized carbons (Fsp3) is 0. The fourth-order valence-electron chi connectivity index (χ4n) is 2.67. The highest BCUT2D eigenvalue weighted by Gasteiger charge is 2.20. The predicted molar refractivity (Wildman–Crippen MR) is 106 cm³/mol. The first-order valence-electron chi connectivity index (χ1n) is 8.65. The number of anilines is 1. The van der Waals surface area contributed by atoms with E-state index in [-0.39, 0.29) is 5.70 Å². The van der Waals surface area contributed by atoms with Crippen molar-refractivity contribution in [3.8, 4) is 17.5 Å². The Labute approximate surface area is 165 Å². The van der Waals surface area contributed by atoms with E-state index in [0.29, 0.717) is 22.8 Å². The van der Waals surface area contributed by atoms with Crippen LogP contribution in [-0.4, -0.2) is 26.1 Å². The predicted octanol–water partition coefficient (Wildman–Crippen LogP) is 3.44. The summed E-state index contributed by atoms with van der Waals surface area (Å²) in [6.07, 6.45) is 3.07. The summed E-state index contributed by atoms with van der Waals surface area (Å²) >= 11 is 0. The molecule has 4 aromatic rings. The molecule has 2 aromatic heterocycles. The molecule has 0 aliphatic carbocycles. The van der Waals surface area contributed by atoms with Crippen LogP contribution < -0.4 is 5.32 Å². The summed E-state index contributed by atoms with van der Waals surface area (Å²) in [6.45, 7) is 0. The Kier molecular flexibility index (Phi) is 4.95. The third kappa shape index (κ3) is 3.94. The van der Waals surface area contributed by atoms with Crippen LogP contribution in [0.25, 0.3) is 23.2 Å². The van der Waals surface area contributed by atoms with Crippen LogP contribution in [0.4, 0.5) is 5.69 Å². The molecule has 4 rings (SSSR count). The Hall–Kier alpha value is -4.51. The minimum atomic E-state index is -0.435. The molecule has 0 saturated carbocycles. The van der Waals surface area contributed by atoms with Crippen LogP contribution in [0.15, 0.2) is 77.4 Å². The van der Waals surface area contributed by atoms with Crippen molar-refractivity contribution in [2.24, 2.45) is 0 Å². The van der Waals surface area contributed by atoms with Crippen molar-refractivity contribution in [3.63, 3.8) is 0 Å². The summed E-state index contributed by atoms with van der Waals surface area (Å²) in [6, 6.07) is 21.3. The number of carbonyl (C=O) groups excluding carboxylic acids is 1. The Morgan fingerprint density at radius 2 is 1.86 bits per heavy atom. The van der Waals surface area contributed by atoms with Crippen LogP contribution in [0.5, 0.6) is 0 Å². The Morgan fingerprint density at radius 3 is 2.55 bits per heavy atom. The van der Waals surface area contributed by atoms with Crippen molar-refractivity contribution in [2.45, 2.75) is 0 Å². The van der Waals surface area contributed by atoms with Gasteiger partial charge in [0.2, 0.25) is 0 Å². The largest absolute Gasteiger partial charge is 0.465 e. The highest BCUT2D eigenvalue weighted by molar-refractivity contribution is 6.24. The fourth-order valence-corrected chi connectivity index (χ4v) is 2.67. The van der Waals surface area contributed by atoms with Crippen LogP contribution in [0.2, 0.25) is 0 Å². The lowest BCUT2D eigenvalue weighted by molar-refractivity contribution is -0.111. The average Bonchev–Trinajstić information content (AvgIpc) is 3.45. The lowest BCUT2D eigenvalue weighted by Crippen LogP contribution is -2.19. The number of hydrogen-bond donors (Lipinski definition) is 1. The molecule has 0 radical (unpaired) electrons. The summed E-state index contributed by atoms with van der Waals surface area (Å²) in [5.74, 6) is 0.457. The van der Waals surface area contributed by atoms with Gasteiger partial charge in [0, 0.05) is 17.3 Å². The maximum absolute atomic E-state index is 13.1. The van der Waals surface area contributed by atoms with Crippen LogP contribution in [0.3, 0.4) is 0 Å². The minimum absolute atomic E-state index is 0.174. The van der Waals surface area contributed by atoms with E-state index in [0.717, 1.165) is 5.56 Å². The van der Waals surface area contributed by atoms with E-state index >= 15 is 0 Å². The Balaban J connectivity index is 1.73. The van der Waals surface area contributed by atoms with Crippen molar-refractivity contribution in [1.29, 1.82) is 5.26 Å². The zero-order valence-corrected chi connectivity index (χ0v) is 15.1. The summed E-state index contributed by atoms with van der Waals surface area (Å²) in [5, 5.41) is 23.5. The number of benzene rings is 2. The summed E-state index contributed by atoms with van der Waals surface area (Å²) in [7, 11) is 0. The van der Waals surface area contributed by atoms with Crippen LogP contribution in [0.1, 0.15) is 11.3 Å². The van der Waals surface area contributed by atoms with Gasteiger partial charge in [-0.15, -0.1) is 5.10 Å². The number of nitrogens with zero attached hydrogens (tertiary/aromatic N) is 5. The van der Waals surface area contributed by atoms with Crippen molar-refractivity contribution < 1.29 is 9.21 Å². The van der Waals surface area contributed by atoms with Gasteiger partial charge in [-0.1, -0.05) is 30.3 Å². The average molecular weight is 382 g/mol. The third-order valence-electron chi connectivity index (χ3n) is 4.06. The van der Waals surface area contributed by atoms with Gasteiger partial charge in [-0.3, -0.25) is 4.79 Å². The van der Waals surface area contributed by atoms with Crippen molar-refractivity contribution in [2.75, 3.05) is 5.32 Å². The van der Waals surface area contributed by atoms with E-state index < -0.39 is 5.91 Å². The number of hydrogen-bond acceptors (Lipinski definition) is 6. The number of rotatable bonds is 5. The topological polar surface area (TPSA) is 110 Å². The molecule has 8 nitrogen and oxygen atoms in total. The first kappa shape index (κ1) is 17.9. The van der Waals surface area contributed by atoms with Crippen LogP contribution in [-0.2, 0) is 4.79 Å². The monoisotopic (exact) mass is 382 g/mol. The van der Waals surface area contributed by atoms with Gasteiger partial charge in [0.05, 0.1) is 17.9 Å². The van der Waals surface area contributed by atoms with Gasteiger partial charge in [0.15, 0.2) is 5.82 Å². The van der Waals surface area contributed by atoms with E-state index in [9.17, 15) is 4.79 Å². The lowest BCUT2D eigenvalue weighted by atomic mass is 10.2. The molecule has 0 aliphatic rings. The molecule has 1 N–H and O–H groups in total. The van der Waals surface area contributed by atoms with E-state index in [1.54, 1.807) is 42.5 Å². The number of tetrazole rings is 1. The molecule has 2 heterocycles. The van der Waals surface area contributed by atoms with Gasteiger partial charge in [0.1, 0.15) is 11.5 Å². The zero-order chi connectivity index (χ0) is 20.1. The van der Waals surface area contributed by atoms with Gasteiger partial charge in [-0.2, -0.15) is 9.94 Å². The van der Waals surface area contributed by atoms with Gasteiger partial charge in [-0.25, -0.2) is 0 Å². The smallest absolute Gasteiger partial charge is 0.274 e. The SMILES string of the molecule is N#Cc1ccc(NC(=O)C(=Cc2ccco2)n2nnnc2-c2ccccc2)cc1. The van der Waals surface area contributed by atoms with Crippen molar-refractivity contribution >= 4 is 23.4 Å². The molecule has 0 spiro atoms. The maximum atomic E-state index is 13.1. The number of aromatic nitrogens is 4. The van der Waals surface area contributed by atoms with Crippen molar-refractivity contribution in [3.05, 3.63) is 84.3 Å². The molecule has 0 saturated heterocycles. The number of carbonyl (C=O) groups is 1. The Bertz CT molecular complexity index is 1190. The standard InChI is InChI=1S/C21H14N6O2/c22-14-15-8-10-17(11-9-15)23-21(28)19(13-18-7-4-12-29-18)27-20(24-25-26-27)16-5-2-1-3-6-16/h1-13H,(H,23,28). The second-order valence-corrected chi connectivity index (χ2v) is 5.97. The second kappa shape index (κ2) is 8.02. The first-order chi connectivity index (χ1) is 14.2. The van der Waals surface area contributed by atoms with Crippen LogP contribution >= 0.6 is 0 Å². The highest BCUT2D eigenvalue weighted by atomic mass is 16.3. The maximum Gasteiger partial charge on any atom is 0.274 e. The van der Waals surface area contributed by atoms with Gasteiger partial charge >= 0.3 is 0 Å². The molecular weight excluding hydrogens is 368 g/mol. The molecule has 0 unspecified atom stereocenters. The second-order valence-electron chi connectivity index (χ2n) is 5.97. The molecule has 2 aromatic carbocycles. The number of nitrogens with one attached hydrogen (secondary N) is 1. The molecule has 29 heavy (non-hydrogen) atoms. The Morgan fingerprint density at radius 1 is 1.07 bits per heavy atom. The molecular formula is C21H14N6O2. The third-order valence-corrected chi connectivity index (χ3v) is 4.06.